The zero-order valence-corrected chi connectivity index (χ0v) is 8.47. The maximum absolute atomic E-state index is 11.1. The van der Waals surface area contributed by atoms with E-state index in [4.69, 9.17) is 5.73 Å². The van der Waals surface area contributed by atoms with Gasteiger partial charge in [0, 0.05) is 38.1 Å². The highest BCUT2D eigenvalue weighted by molar-refractivity contribution is 5.75. The number of rotatable bonds is 4. The predicted molar refractivity (Wildman–Crippen MR) is 52.3 cm³/mol. The quantitative estimate of drug-likeness (QED) is 0.623. The third-order valence-corrected chi connectivity index (χ3v) is 2.20. The Labute approximate surface area is 79.5 Å². The average molecular weight is 185 g/mol. The van der Waals surface area contributed by atoms with E-state index >= 15 is 0 Å². The summed E-state index contributed by atoms with van der Waals surface area (Å²) in [4.78, 5) is 13.3. The van der Waals surface area contributed by atoms with E-state index in [0.717, 1.165) is 19.6 Å². The minimum atomic E-state index is -0.0266. The van der Waals surface area contributed by atoms with Crippen molar-refractivity contribution in [2.75, 3.05) is 26.2 Å². The summed E-state index contributed by atoms with van der Waals surface area (Å²) < 4.78 is 0. The fourth-order valence-electron chi connectivity index (χ4n) is 1.68. The van der Waals surface area contributed by atoms with Crippen LogP contribution in [-0.4, -0.2) is 42.5 Å². The molecule has 1 aliphatic rings. The number of hydrogen-bond donors (Lipinski definition) is 2. The van der Waals surface area contributed by atoms with Crippen LogP contribution in [0.15, 0.2) is 0 Å². The number of likely N-dealkylation sites (tertiary alicyclic amines) is 1. The first-order valence-electron chi connectivity index (χ1n) is 4.81. The van der Waals surface area contributed by atoms with Crippen LogP contribution in [-0.2, 0) is 4.79 Å². The lowest BCUT2D eigenvalue weighted by Crippen LogP contribution is -2.65. The molecule has 0 aliphatic carbocycles. The van der Waals surface area contributed by atoms with Crippen molar-refractivity contribution >= 4 is 5.91 Å². The van der Waals surface area contributed by atoms with E-state index in [9.17, 15) is 4.79 Å². The van der Waals surface area contributed by atoms with Crippen LogP contribution >= 0.6 is 0 Å². The fourth-order valence-corrected chi connectivity index (χ4v) is 1.68. The summed E-state index contributed by atoms with van der Waals surface area (Å²) in [5.74, 6) is 0.133. The van der Waals surface area contributed by atoms with Gasteiger partial charge in [0.25, 0.3) is 0 Å². The van der Waals surface area contributed by atoms with Gasteiger partial charge in [-0.1, -0.05) is 0 Å². The molecule has 1 aliphatic heterocycles. The first-order valence-corrected chi connectivity index (χ1v) is 4.81. The van der Waals surface area contributed by atoms with Crippen LogP contribution in [0.4, 0.5) is 0 Å². The topological polar surface area (TPSA) is 58.4 Å². The van der Waals surface area contributed by atoms with Gasteiger partial charge in [-0.05, 0) is 13.8 Å². The Bertz CT molecular complexity index is 183. The van der Waals surface area contributed by atoms with Gasteiger partial charge < -0.3 is 11.1 Å². The van der Waals surface area contributed by atoms with Crippen LogP contribution < -0.4 is 11.1 Å². The molecule has 0 unspecified atom stereocenters. The normalized spacial score (nSPS) is 20.8. The van der Waals surface area contributed by atoms with Gasteiger partial charge in [0.05, 0.1) is 0 Å². The Balaban J connectivity index is 2.05. The molecule has 0 spiro atoms. The van der Waals surface area contributed by atoms with Gasteiger partial charge >= 0.3 is 0 Å². The molecule has 1 saturated heterocycles. The zero-order valence-electron chi connectivity index (χ0n) is 8.47. The van der Waals surface area contributed by atoms with Gasteiger partial charge in [0.1, 0.15) is 0 Å². The highest BCUT2D eigenvalue weighted by atomic mass is 16.1. The van der Waals surface area contributed by atoms with Gasteiger partial charge in [0.15, 0.2) is 0 Å². The van der Waals surface area contributed by atoms with E-state index in [1.807, 2.05) is 13.8 Å². The maximum atomic E-state index is 11.1. The lowest BCUT2D eigenvalue weighted by molar-refractivity contribution is -0.121. The summed E-state index contributed by atoms with van der Waals surface area (Å²) in [6, 6.07) is 0. The van der Waals surface area contributed by atoms with Gasteiger partial charge in [-0.2, -0.15) is 0 Å². The third kappa shape index (κ3) is 3.32. The molecule has 76 valence electrons. The molecule has 0 radical (unpaired) electrons. The Kier molecular flexibility index (Phi) is 3.27. The molecule has 0 atom stereocenters. The molecule has 3 N–H and O–H groups in total. The molecule has 1 rings (SSSR count). The van der Waals surface area contributed by atoms with E-state index in [1.165, 1.54) is 0 Å². The minimum absolute atomic E-state index is 0.0266. The largest absolute Gasteiger partial charge is 0.356 e. The van der Waals surface area contributed by atoms with Crippen molar-refractivity contribution in [3.63, 3.8) is 0 Å². The molecule has 0 aromatic heterocycles. The lowest BCUT2D eigenvalue weighted by atomic mass is 9.94. The Morgan fingerprint density at radius 2 is 2.23 bits per heavy atom. The summed E-state index contributed by atoms with van der Waals surface area (Å²) in [5.41, 5.74) is 5.81. The molecule has 0 saturated carbocycles. The summed E-state index contributed by atoms with van der Waals surface area (Å²) >= 11 is 0. The van der Waals surface area contributed by atoms with Gasteiger partial charge in [-0.3, -0.25) is 9.69 Å². The lowest BCUT2D eigenvalue weighted by Gasteiger charge is -2.45. The van der Waals surface area contributed by atoms with Crippen LogP contribution in [0.5, 0.6) is 0 Å². The van der Waals surface area contributed by atoms with Crippen molar-refractivity contribution in [3.8, 4) is 0 Å². The van der Waals surface area contributed by atoms with Crippen molar-refractivity contribution < 1.29 is 4.79 Å². The van der Waals surface area contributed by atoms with Crippen molar-refractivity contribution in [3.05, 3.63) is 0 Å². The highest BCUT2D eigenvalue weighted by Gasteiger charge is 2.34. The van der Waals surface area contributed by atoms with Gasteiger partial charge in [0.2, 0.25) is 5.91 Å². The number of nitrogens with zero attached hydrogens (tertiary/aromatic N) is 1. The highest BCUT2D eigenvalue weighted by Crippen LogP contribution is 2.16. The zero-order chi connectivity index (χ0) is 9.90. The second-order valence-corrected chi connectivity index (χ2v) is 4.07. The fraction of sp³-hybridized carbons (Fsp3) is 0.889. The Morgan fingerprint density at radius 3 is 2.69 bits per heavy atom. The van der Waals surface area contributed by atoms with Crippen LogP contribution in [0, 0.1) is 0 Å². The second-order valence-electron chi connectivity index (χ2n) is 4.07. The van der Waals surface area contributed by atoms with E-state index in [2.05, 4.69) is 10.2 Å². The molecular weight excluding hydrogens is 166 g/mol. The maximum Gasteiger partial charge on any atom is 0.221 e. The number of nitrogens with two attached hydrogens (primary N) is 1. The summed E-state index contributed by atoms with van der Waals surface area (Å²) in [5, 5.41) is 2.77. The Hall–Kier alpha value is -0.610. The molecule has 0 bridgehead atoms. The molecule has 4 heteroatoms. The van der Waals surface area contributed by atoms with E-state index in [0.29, 0.717) is 13.0 Å². The summed E-state index contributed by atoms with van der Waals surface area (Å²) in [7, 11) is 0. The molecule has 1 heterocycles. The van der Waals surface area contributed by atoms with Gasteiger partial charge in [-0.15, -0.1) is 0 Å². The molecule has 4 nitrogen and oxygen atoms in total. The molecule has 0 aromatic rings. The van der Waals surface area contributed by atoms with Crippen LogP contribution in [0.25, 0.3) is 0 Å². The third-order valence-electron chi connectivity index (χ3n) is 2.20. The first kappa shape index (κ1) is 10.5. The number of amides is 1. The van der Waals surface area contributed by atoms with Crippen molar-refractivity contribution in [1.82, 2.24) is 10.2 Å². The monoisotopic (exact) mass is 185 g/mol. The SMILES string of the molecule is CCNC(=O)CCN1CC(C)(N)C1. The van der Waals surface area contributed by atoms with Crippen LogP contribution in [0.1, 0.15) is 20.3 Å². The molecule has 1 fully saturated rings. The van der Waals surface area contributed by atoms with E-state index in [-0.39, 0.29) is 11.4 Å². The van der Waals surface area contributed by atoms with E-state index < -0.39 is 0 Å². The van der Waals surface area contributed by atoms with Crippen LogP contribution in [0.3, 0.4) is 0 Å². The van der Waals surface area contributed by atoms with E-state index in [1.54, 1.807) is 0 Å². The number of carbonyl (C=O) groups excluding carboxylic acids is 1. The predicted octanol–water partition coefficient (Wildman–Crippen LogP) is -0.454. The average Bonchev–Trinajstić information content (AvgIpc) is 1.97. The molecule has 1 amide bonds. The van der Waals surface area contributed by atoms with Crippen molar-refractivity contribution in [2.45, 2.75) is 25.8 Å². The molecule has 13 heavy (non-hydrogen) atoms. The second kappa shape index (κ2) is 4.07. The first-order chi connectivity index (χ1) is 6.03. The van der Waals surface area contributed by atoms with Crippen molar-refractivity contribution in [1.29, 1.82) is 0 Å². The van der Waals surface area contributed by atoms with Gasteiger partial charge in [-0.25, -0.2) is 0 Å². The number of hydrogen-bond acceptors (Lipinski definition) is 3. The van der Waals surface area contributed by atoms with Crippen LogP contribution in [0.2, 0.25) is 0 Å². The summed E-state index contributed by atoms with van der Waals surface area (Å²) in [6.45, 7) is 7.33. The number of carbonyl (C=O) groups is 1. The van der Waals surface area contributed by atoms with Crippen molar-refractivity contribution in [2.24, 2.45) is 5.73 Å². The molecular formula is C9H19N3O. The summed E-state index contributed by atoms with van der Waals surface area (Å²) in [6.07, 6.45) is 0.587. The smallest absolute Gasteiger partial charge is 0.221 e. The molecule has 0 aromatic carbocycles. The number of nitrogens with one attached hydrogen (secondary N) is 1. The Morgan fingerprint density at radius 1 is 1.62 bits per heavy atom. The standard InChI is InChI=1S/C9H19N3O/c1-3-11-8(13)4-5-12-6-9(2,10)7-12/h3-7,10H2,1-2H3,(H,11,13). The minimum Gasteiger partial charge on any atom is -0.356 e.